The maximum Gasteiger partial charge on any atom is 0.160 e. The second kappa shape index (κ2) is 13.8. The first kappa shape index (κ1) is 32.7. The van der Waals surface area contributed by atoms with E-state index in [1.54, 1.807) is 6.20 Å². The standard InChI is InChI=1S/C52H37N3/c1-34-11-7-21-47-45-27-26-40(31-48(45)44-19-5-6-20-46(44)51(34)47)36-22-24-37(25-23-36)52-54-49(41-16-8-14-38(29-41)35-12-3-2-4-13-35)32-50(55-52)42-17-9-15-39(30-42)43-18-10-28-53-33-43/h2-10,12-34H,11H2,1H3. The summed E-state index contributed by atoms with van der Waals surface area (Å²) in [4.78, 5) is 14.8. The molecule has 1 aliphatic carbocycles. The van der Waals surface area contributed by atoms with Gasteiger partial charge in [-0.1, -0.05) is 153 Å². The molecule has 2 aromatic heterocycles. The van der Waals surface area contributed by atoms with Crippen LogP contribution in [-0.4, -0.2) is 15.0 Å². The molecule has 0 amide bonds. The molecule has 2 heterocycles. The second-order valence-electron chi connectivity index (χ2n) is 14.5. The van der Waals surface area contributed by atoms with E-state index in [9.17, 15) is 0 Å². The zero-order valence-electron chi connectivity index (χ0n) is 30.5. The average molecular weight is 704 g/mol. The van der Waals surface area contributed by atoms with Crippen molar-refractivity contribution in [2.45, 2.75) is 19.3 Å². The lowest BCUT2D eigenvalue weighted by molar-refractivity contribution is 0.781. The Balaban J connectivity index is 1.07. The van der Waals surface area contributed by atoms with E-state index in [0.717, 1.165) is 56.8 Å². The SMILES string of the molecule is CC1CC=Cc2c1c1ccccc1c1cc(-c3ccc(-c4nc(-c5cccc(-c6ccccc6)c5)cc(-c5cccc(-c6cccnc6)c5)n4)cc3)ccc21. The van der Waals surface area contributed by atoms with Crippen LogP contribution >= 0.6 is 0 Å². The van der Waals surface area contributed by atoms with Crippen molar-refractivity contribution in [1.29, 1.82) is 0 Å². The Bertz CT molecular complexity index is 2790. The molecule has 260 valence electrons. The van der Waals surface area contributed by atoms with Gasteiger partial charge in [-0.3, -0.25) is 4.98 Å². The fourth-order valence-corrected chi connectivity index (χ4v) is 8.21. The summed E-state index contributed by atoms with van der Waals surface area (Å²) in [5.41, 5.74) is 14.5. The normalized spacial score (nSPS) is 13.6. The van der Waals surface area contributed by atoms with Gasteiger partial charge in [-0.25, -0.2) is 9.97 Å². The number of nitrogens with zero attached hydrogens (tertiary/aromatic N) is 3. The van der Waals surface area contributed by atoms with Crippen LogP contribution in [0, 0.1) is 0 Å². The zero-order valence-corrected chi connectivity index (χ0v) is 30.5. The van der Waals surface area contributed by atoms with Gasteiger partial charge in [0, 0.05) is 34.6 Å². The van der Waals surface area contributed by atoms with Gasteiger partial charge >= 0.3 is 0 Å². The molecule has 1 atom stereocenters. The fraction of sp³-hybridized carbons (Fsp3) is 0.0577. The van der Waals surface area contributed by atoms with Crippen molar-refractivity contribution in [1.82, 2.24) is 15.0 Å². The number of hydrogen-bond donors (Lipinski definition) is 0. The third-order valence-electron chi connectivity index (χ3n) is 11.0. The van der Waals surface area contributed by atoms with Gasteiger partial charge in [0.1, 0.15) is 0 Å². The number of benzene rings is 7. The second-order valence-corrected chi connectivity index (χ2v) is 14.5. The molecule has 0 fully saturated rings. The summed E-state index contributed by atoms with van der Waals surface area (Å²) < 4.78 is 0. The van der Waals surface area contributed by atoms with Crippen LogP contribution < -0.4 is 0 Å². The minimum atomic E-state index is 0.501. The molecule has 1 unspecified atom stereocenters. The highest BCUT2D eigenvalue weighted by Crippen LogP contribution is 2.42. The van der Waals surface area contributed by atoms with E-state index in [2.05, 4.69) is 176 Å². The number of allylic oxidation sites excluding steroid dienone is 1. The molecule has 0 saturated heterocycles. The van der Waals surface area contributed by atoms with Crippen molar-refractivity contribution in [3.8, 4) is 67.3 Å². The lowest BCUT2D eigenvalue weighted by Crippen LogP contribution is -2.02. The first-order valence-corrected chi connectivity index (χ1v) is 19.0. The molecule has 10 rings (SSSR count). The molecule has 55 heavy (non-hydrogen) atoms. The van der Waals surface area contributed by atoms with Crippen LogP contribution in [0.1, 0.15) is 30.4 Å². The molecular weight excluding hydrogens is 667 g/mol. The minimum absolute atomic E-state index is 0.501. The lowest BCUT2D eigenvalue weighted by atomic mass is 9.81. The summed E-state index contributed by atoms with van der Waals surface area (Å²) in [5.74, 6) is 1.19. The number of pyridine rings is 1. The lowest BCUT2D eigenvalue weighted by Gasteiger charge is -2.23. The summed E-state index contributed by atoms with van der Waals surface area (Å²) in [5, 5.41) is 5.29. The maximum atomic E-state index is 5.21. The van der Waals surface area contributed by atoms with Crippen molar-refractivity contribution < 1.29 is 0 Å². The topological polar surface area (TPSA) is 38.7 Å². The Morgan fingerprint density at radius 2 is 1.02 bits per heavy atom. The molecule has 3 heteroatoms. The quantitative estimate of drug-likeness (QED) is 0.162. The Labute approximate surface area is 321 Å². The largest absolute Gasteiger partial charge is 0.264 e. The van der Waals surface area contributed by atoms with E-state index in [-0.39, 0.29) is 0 Å². The summed E-state index contributed by atoms with van der Waals surface area (Å²) >= 11 is 0. The van der Waals surface area contributed by atoms with Crippen molar-refractivity contribution in [3.63, 3.8) is 0 Å². The van der Waals surface area contributed by atoms with Crippen molar-refractivity contribution >= 4 is 27.6 Å². The minimum Gasteiger partial charge on any atom is -0.264 e. The monoisotopic (exact) mass is 703 g/mol. The van der Waals surface area contributed by atoms with Gasteiger partial charge in [-0.15, -0.1) is 0 Å². The van der Waals surface area contributed by atoms with Gasteiger partial charge in [-0.2, -0.15) is 0 Å². The van der Waals surface area contributed by atoms with E-state index in [4.69, 9.17) is 9.97 Å². The number of rotatable bonds is 6. The highest BCUT2D eigenvalue weighted by molar-refractivity contribution is 6.14. The first-order valence-electron chi connectivity index (χ1n) is 19.0. The molecule has 0 spiro atoms. The predicted octanol–water partition coefficient (Wildman–Crippen LogP) is 13.7. The average Bonchev–Trinajstić information content (AvgIpc) is 3.27. The number of aromatic nitrogens is 3. The van der Waals surface area contributed by atoms with Crippen LogP contribution in [0.2, 0.25) is 0 Å². The summed E-state index contributed by atoms with van der Waals surface area (Å²) in [6.07, 6.45) is 9.44. The molecule has 3 nitrogen and oxygen atoms in total. The molecule has 0 radical (unpaired) electrons. The van der Waals surface area contributed by atoms with Gasteiger partial charge in [0.05, 0.1) is 11.4 Å². The van der Waals surface area contributed by atoms with Gasteiger partial charge in [0.25, 0.3) is 0 Å². The molecule has 0 saturated carbocycles. The van der Waals surface area contributed by atoms with Gasteiger partial charge in [0.2, 0.25) is 0 Å². The van der Waals surface area contributed by atoms with E-state index in [0.29, 0.717) is 11.7 Å². The Hall–Kier alpha value is -6.97. The third kappa shape index (κ3) is 6.10. The van der Waals surface area contributed by atoms with Gasteiger partial charge < -0.3 is 0 Å². The summed E-state index contributed by atoms with van der Waals surface area (Å²) in [7, 11) is 0. The van der Waals surface area contributed by atoms with E-state index >= 15 is 0 Å². The fourth-order valence-electron chi connectivity index (χ4n) is 8.21. The van der Waals surface area contributed by atoms with Crippen LogP contribution in [0.3, 0.4) is 0 Å². The molecule has 9 aromatic rings. The van der Waals surface area contributed by atoms with Gasteiger partial charge in [-0.05, 0) is 103 Å². The van der Waals surface area contributed by atoms with Crippen molar-refractivity contribution in [3.05, 3.63) is 193 Å². The molecule has 0 bridgehead atoms. The molecule has 1 aliphatic rings. The molecule has 0 aliphatic heterocycles. The highest BCUT2D eigenvalue weighted by atomic mass is 14.9. The molecular formula is C52H37N3. The zero-order chi connectivity index (χ0) is 36.7. The summed E-state index contributed by atoms with van der Waals surface area (Å²) in [6, 6.07) is 58.3. The highest BCUT2D eigenvalue weighted by Gasteiger charge is 2.20. The van der Waals surface area contributed by atoms with E-state index in [1.165, 1.54) is 43.8 Å². The number of fused-ring (bicyclic) bond motifs is 6. The van der Waals surface area contributed by atoms with E-state index < -0.39 is 0 Å². The van der Waals surface area contributed by atoms with Crippen molar-refractivity contribution in [2.24, 2.45) is 0 Å². The van der Waals surface area contributed by atoms with Gasteiger partial charge in [0.15, 0.2) is 5.82 Å². The Morgan fingerprint density at radius 1 is 0.436 bits per heavy atom. The van der Waals surface area contributed by atoms with Crippen LogP contribution in [0.5, 0.6) is 0 Å². The third-order valence-corrected chi connectivity index (χ3v) is 11.0. The molecule has 0 N–H and O–H groups in total. The molecule has 7 aromatic carbocycles. The summed E-state index contributed by atoms with van der Waals surface area (Å²) in [6.45, 7) is 2.35. The van der Waals surface area contributed by atoms with Crippen LogP contribution in [-0.2, 0) is 0 Å². The number of hydrogen-bond acceptors (Lipinski definition) is 3. The smallest absolute Gasteiger partial charge is 0.160 e. The van der Waals surface area contributed by atoms with Crippen molar-refractivity contribution in [2.75, 3.05) is 0 Å². The van der Waals surface area contributed by atoms with Crippen LogP contribution in [0.25, 0.3) is 94.9 Å². The Morgan fingerprint density at radius 3 is 1.75 bits per heavy atom. The first-order chi connectivity index (χ1) is 27.2. The van der Waals surface area contributed by atoms with Crippen LogP contribution in [0.15, 0.2) is 182 Å². The maximum absolute atomic E-state index is 5.21. The Kier molecular flexibility index (Phi) is 8.18. The predicted molar refractivity (Wildman–Crippen MR) is 230 cm³/mol. The van der Waals surface area contributed by atoms with Crippen LogP contribution in [0.4, 0.5) is 0 Å². The van der Waals surface area contributed by atoms with E-state index in [1.807, 2.05) is 18.3 Å².